The number of tetrazole rings is 1. The number of nitrogens with one attached hydrogen (secondary N) is 1. The van der Waals surface area contributed by atoms with Gasteiger partial charge < -0.3 is 14.1 Å². The molecule has 9 nitrogen and oxygen atoms in total. The predicted octanol–water partition coefficient (Wildman–Crippen LogP) is 5.26. The van der Waals surface area contributed by atoms with Crippen LogP contribution < -0.4 is 10.3 Å². The lowest BCUT2D eigenvalue weighted by molar-refractivity contribution is 0.179. The molecule has 0 radical (unpaired) electrons. The summed E-state index contributed by atoms with van der Waals surface area (Å²) in [6.45, 7) is 3.43. The highest BCUT2D eigenvalue weighted by Crippen LogP contribution is 2.30. The lowest BCUT2D eigenvalue weighted by Crippen LogP contribution is -2.34. The molecule has 41 heavy (non-hydrogen) atoms. The Morgan fingerprint density at radius 3 is 2.54 bits per heavy atom. The molecule has 0 saturated heterocycles. The van der Waals surface area contributed by atoms with Gasteiger partial charge in [0.15, 0.2) is 5.82 Å². The number of benzene rings is 3. The van der Waals surface area contributed by atoms with Crippen LogP contribution in [0.1, 0.15) is 39.9 Å². The van der Waals surface area contributed by atoms with Gasteiger partial charge in [0, 0.05) is 17.6 Å². The topological polar surface area (TPSA) is 102 Å². The van der Waals surface area contributed by atoms with Gasteiger partial charge in [-0.2, -0.15) is 0 Å². The normalized spacial score (nSPS) is 12.2. The van der Waals surface area contributed by atoms with Gasteiger partial charge in [-0.15, -0.1) is 5.10 Å². The monoisotopic (exact) mass is 546 g/mol. The molecule has 6 aromatic rings. The Labute approximate surface area is 237 Å². The first-order valence-corrected chi connectivity index (χ1v) is 13.4. The molecule has 3 aromatic carbocycles. The highest BCUT2D eigenvalue weighted by atomic mass is 16.5. The van der Waals surface area contributed by atoms with E-state index in [1.165, 1.54) is 0 Å². The summed E-state index contributed by atoms with van der Waals surface area (Å²) in [7, 11) is 1.64. The van der Waals surface area contributed by atoms with Gasteiger partial charge in [0.2, 0.25) is 0 Å². The summed E-state index contributed by atoms with van der Waals surface area (Å²) in [4.78, 5) is 19.0. The van der Waals surface area contributed by atoms with Crippen LogP contribution >= 0.6 is 0 Å². The van der Waals surface area contributed by atoms with Crippen molar-refractivity contribution in [1.82, 2.24) is 30.1 Å². The average Bonchev–Trinajstić information content (AvgIpc) is 3.67. The third kappa shape index (κ3) is 5.80. The Morgan fingerprint density at radius 2 is 1.78 bits per heavy atom. The molecule has 0 amide bonds. The molecule has 6 rings (SSSR count). The second-order valence-corrected chi connectivity index (χ2v) is 10.1. The van der Waals surface area contributed by atoms with Crippen molar-refractivity contribution < 1.29 is 9.15 Å². The number of nitrogens with zero attached hydrogens (tertiary/aromatic N) is 5. The van der Waals surface area contributed by atoms with Crippen molar-refractivity contribution in [3.05, 3.63) is 141 Å². The van der Waals surface area contributed by atoms with Gasteiger partial charge in [0.1, 0.15) is 17.6 Å². The molecule has 0 unspecified atom stereocenters. The number of aromatic nitrogens is 5. The van der Waals surface area contributed by atoms with Gasteiger partial charge in [-0.1, -0.05) is 54.1 Å². The zero-order chi connectivity index (χ0) is 28.2. The molecular weight excluding hydrogens is 516 g/mol. The molecule has 0 saturated carbocycles. The Kier molecular flexibility index (Phi) is 7.42. The molecule has 206 valence electrons. The Hall–Kier alpha value is -5.02. The number of pyridine rings is 1. The standard InChI is InChI=1S/C32H30N6O3/c1-22-10-15-29-25(17-22)18-28(32(39)33-29)30(31-34-35-36-38(31)20-24-11-13-26(40-2)14-12-24)37(21-27-9-6-16-41-27)19-23-7-4-3-5-8-23/h3-18,30H,19-21H2,1-2H3,(H,33,39)/t30-/m1/s1. The molecule has 0 aliphatic carbocycles. The first-order valence-electron chi connectivity index (χ1n) is 13.4. The van der Waals surface area contributed by atoms with Gasteiger partial charge in [0.25, 0.3) is 5.56 Å². The Morgan fingerprint density at radius 1 is 0.951 bits per heavy atom. The average molecular weight is 547 g/mol. The summed E-state index contributed by atoms with van der Waals surface area (Å²) in [6, 6.07) is 29.1. The van der Waals surface area contributed by atoms with E-state index >= 15 is 0 Å². The van der Waals surface area contributed by atoms with E-state index in [4.69, 9.17) is 9.15 Å². The molecule has 3 heterocycles. The first kappa shape index (κ1) is 26.2. The van der Waals surface area contributed by atoms with Crippen LogP contribution in [0.2, 0.25) is 0 Å². The van der Waals surface area contributed by atoms with Crippen LogP contribution in [0.3, 0.4) is 0 Å². The largest absolute Gasteiger partial charge is 0.497 e. The van der Waals surface area contributed by atoms with Crippen molar-refractivity contribution in [2.45, 2.75) is 32.6 Å². The fourth-order valence-electron chi connectivity index (χ4n) is 5.13. The van der Waals surface area contributed by atoms with Crippen LogP contribution in [0.5, 0.6) is 5.75 Å². The van der Waals surface area contributed by atoms with Crippen LogP contribution in [-0.2, 0) is 19.6 Å². The van der Waals surface area contributed by atoms with E-state index in [0.717, 1.165) is 39.1 Å². The SMILES string of the molecule is COc1ccc(Cn2nnnc2[C@@H](c2cc3cc(C)ccc3[nH]c2=O)N(Cc2ccccc2)Cc2ccco2)cc1. The van der Waals surface area contributed by atoms with E-state index < -0.39 is 6.04 Å². The molecule has 3 aromatic heterocycles. The number of rotatable bonds is 10. The van der Waals surface area contributed by atoms with E-state index in [-0.39, 0.29) is 5.56 Å². The van der Waals surface area contributed by atoms with Crippen molar-refractivity contribution >= 4 is 10.9 Å². The van der Waals surface area contributed by atoms with E-state index in [2.05, 4.69) is 43.6 Å². The maximum Gasteiger partial charge on any atom is 0.253 e. The zero-order valence-corrected chi connectivity index (χ0v) is 22.9. The number of hydrogen-bond donors (Lipinski definition) is 1. The maximum absolute atomic E-state index is 13.8. The summed E-state index contributed by atoms with van der Waals surface area (Å²) >= 11 is 0. The van der Waals surface area contributed by atoms with Gasteiger partial charge in [-0.05, 0) is 76.3 Å². The summed E-state index contributed by atoms with van der Waals surface area (Å²) < 4.78 is 12.8. The van der Waals surface area contributed by atoms with Crippen LogP contribution in [0.4, 0.5) is 0 Å². The Bertz CT molecular complexity index is 1790. The molecular formula is C32H30N6O3. The summed E-state index contributed by atoms with van der Waals surface area (Å²) in [5, 5.41) is 13.9. The van der Waals surface area contributed by atoms with Gasteiger partial charge >= 0.3 is 0 Å². The highest BCUT2D eigenvalue weighted by Gasteiger charge is 2.31. The molecule has 1 N–H and O–H groups in total. The number of ether oxygens (including phenoxy) is 1. The lowest BCUT2D eigenvalue weighted by atomic mass is 10.0. The van der Waals surface area contributed by atoms with Crippen molar-refractivity contribution in [2.75, 3.05) is 7.11 Å². The van der Waals surface area contributed by atoms with Crippen LogP contribution in [0.25, 0.3) is 10.9 Å². The minimum atomic E-state index is -0.581. The molecule has 1 atom stereocenters. The Balaban J connectivity index is 1.50. The number of H-pyrrole nitrogens is 1. The number of methoxy groups -OCH3 is 1. The van der Waals surface area contributed by atoms with Crippen LogP contribution in [-0.4, -0.2) is 37.2 Å². The number of aromatic amines is 1. The van der Waals surface area contributed by atoms with Gasteiger partial charge in [-0.3, -0.25) is 9.69 Å². The zero-order valence-electron chi connectivity index (χ0n) is 22.9. The van der Waals surface area contributed by atoms with E-state index in [1.54, 1.807) is 18.1 Å². The lowest BCUT2D eigenvalue weighted by Gasteiger charge is -2.30. The first-order chi connectivity index (χ1) is 20.1. The molecule has 0 aliphatic heterocycles. The van der Waals surface area contributed by atoms with E-state index in [0.29, 0.717) is 31.0 Å². The summed E-state index contributed by atoms with van der Waals surface area (Å²) in [5.74, 6) is 2.10. The molecule has 9 heteroatoms. The number of furan rings is 1. The van der Waals surface area contributed by atoms with E-state index in [1.807, 2.05) is 79.7 Å². The highest BCUT2D eigenvalue weighted by molar-refractivity contribution is 5.79. The summed E-state index contributed by atoms with van der Waals surface area (Å²) in [5.41, 5.74) is 4.34. The molecule has 0 aliphatic rings. The van der Waals surface area contributed by atoms with Gasteiger partial charge in [0.05, 0.1) is 26.5 Å². The number of aryl methyl sites for hydroxylation is 1. The fraction of sp³-hybridized carbons (Fsp3) is 0.188. The molecule has 0 bridgehead atoms. The third-order valence-corrected chi connectivity index (χ3v) is 7.15. The number of fused-ring (bicyclic) bond motifs is 1. The minimum absolute atomic E-state index is 0.192. The van der Waals surface area contributed by atoms with Crippen LogP contribution in [0.15, 0.2) is 106 Å². The third-order valence-electron chi connectivity index (χ3n) is 7.15. The van der Waals surface area contributed by atoms with Crippen molar-refractivity contribution in [3.8, 4) is 5.75 Å². The van der Waals surface area contributed by atoms with Gasteiger partial charge in [-0.25, -0.2) is 4.68 Å². The smallest absolute Gasteiger partial charge is 0.253 e. The molecule has 0 spiro atoms. The second-order valence-electron chi connectivity index (χ2n) is 10.1. The predicted molar refractivity (Wildman–Crippen MR) is 155 cm³/mol. The number of hydrogen-bond acceptors (Lipinski definition) is 7. The van der Waals surface area contributed by atoms with Crippen molar-refractivity contribution in [3.63, 3.8) is 0 Å². The quantitative estimate of drug-likeness (QED) is 0.250. The van der Waals surface area contributed by atoms with Crippen molar-refractivity contribution in [2.24, 2.45) is 0 Å². The molecule has 0 fully saturated rings. The summed E-state index contributed by atoms with van der Waals surface area (Å²) in [6.07, 6.45) is 1.66. The van der Waals surface area contributed by atoms with E-state index in [9.17, 15) is 4.79 Å². The minimum Gasteiger partial charge on any atom is -0.497 e. The van der Waals surface area contributed by atoms with Crippen molar-refractivity contribution in [1.29, 1.82) is 0 Å². The fourth-order valence-corrected chi connectivity index (χ4v) is 5.13. The maximum atomic E-state index is 13.8. The second kappa shape index (κ2) is 11.6. The van der Waals surface area contributed by atoms with Crippen LogP contribution in [0, 0.1) is 6.92 Å².